The van der Waals surface area contributed by atoms with E-state index in [-0.39, 0.29) is 36.2 Å². The van der Waals surface area contributed by atoms with Crippen LogP contribution >= 0.6 is 0 Å². The molecule has 4 fully saturated rings. The zero-order chi connectivity index (χ0) is 29.4. The summed E-state index contributed by atoms with van der Waals surface area (Å²) in [5.41, 5.74) is 1.53. The lowest BCUT2D eigenvalue weighted by Crippen LogP contribution is -2.76. The fourth-order valence-corrected chi connectivity index (χ4v) is 7.84. The Labute approximate surface area is 249 Å². The Morgan fingerprint density at radius 1 is 1.24 bits per heavy atom. The number of rotatable bonds is 6. The van der Waals surface area contributed by atoms with Gasteiger partial charge in [-0.3, -0.25) is 25.1 Å². The Bertz CT molecular complexity index is 1250. The third-order valence-corrected chi connectivity index (χ3v) is 10.2. The molecule has 7 atom stereocenters. The molecule has 1 aromatic rings. The highest BCUT2D eigenvalue weighted by Gasteiger charge is 2.56. The van der Waals surface area contributed by atoms with Crippen LogP contribution in [-0.2, 0) is 20.7 Å². The number of fused-ring (bicyclic) bond motifs is 2. The van der Waals surface area contributed by atoms with Gasteiger partial charge < -0.3 is 19.3 Å². The number of carbonyl (C=O) groups excluding carboxylic acids is 2. The van der Waals surface area contributed by atoms with Crippen LogP contribution in [0, 0.1) is 24.2 Å². The van der Waals surface area contributed by atoms with Gasteiger partial charge >= 0.3 is 0 Å². The average Bonchev–Trinajstić information content (AvgIpc) is 3.42. The maximum atomic E-state index is 14.4. The molecule has 1 saturated carbocycles. The smallest absolute Gasteiger partial charge is 0.246 e. The third kappa shape index (κ3) is 5.49. The van der Waals surface area contributed by atoms with E-state index in [2.05, 4.69) is 53.1 Å². The zero-order valence-corrected chi connectivity index (χ0v) is 24.9. The lowest BCUT2D eigenvalue weighted by molar-refractivity contribution is -0.160. The summed E-state index contributed by atoms with van der Waals surface area (Å²) in [5, 5.41) is 16.8. The largest absolute Gasteiger partial charge is 0.479 e. The van der Waals surface area contributed by atoms with Crippen molar-refractivity contribution in [2.45, 2.75) is 88.1 Å². The number of hydrogen-bond acceptors (Lipinski definition) is 9. The summed E-state index contributed by atoms with van der Waals surface area (Å²) in [5.74, 6) is 0.790. The maximum Gasteiger partial charge on any atom is 0.246 e. The first kappa shape index (κ1) is 29.3. The van der Waals surface area contributed by atoms with E-state index in [1.807, 2.05) is 12.1 Å². The summed E-state index contributed by atoms with van der Waals surface area (Å²) < 4.78 is 13.0. The molecule has 5 aliphatic rings. The molecule has 1 spiro atoms. The number of Topliss-reactive ketones (excluding diaryl/α,β-unsaturated/α-hetero) is 1. The molecule has 0 radical (unpaired) electrons. The maximum absolute atomic E-state index is 14.4. The first-order valence-corrected chi connectivity index (χ1v) is 15.5. The van der Waals surface area contributed by atoms with Gasteiger partial charge in [-0.15, -0.1) is 0 Å². The van der Waals surface area contributed by atoms with Crippen LogP contribution in [0.5, 0.6) is 5.75 Å². The number of piperazine rings is 1. The number of carbonyl (C=O) groups is 2. The van der Waals surface area contributed by atoms with Crippen LogP contribution in [0.2, 0.25) is 0 Å². The molecule has 10 nitrogen and oxygen atoms in total. The molecule has 10 heteroatoms. The fraction of sp³-hybridized carbons (Fsp3) is 0.656. The highest BCUT2D eigenvalue weighted by molar-refractivity contribution is 5.94. The fourth-order valence-electron chi connectivity index (χ4n) is 7.84. The summed E-state index contributed by atoms with van der Waals surface area (Å²) in [7, 11) is 2.13. The van der Waals surface area contributed by atoms with E-state index in [1.165, 1.54) is 17.2 Å². The van der Waals surface area contributed by atoms with Gasteiger partial charge in [0.2, 0.25) is 5.91 Å². The topological polar surface area (TPSA) is 110 Å². The van der Waals surface area contributed by atoms with Crippen molar-refractivity contribution in [2.24, 2.45) is 5.92 Å². The van der Waals surface area contributed by atoms with Crippen molar-refractivity contribution in [1.29, 1.82) is 5.26 Å². The van der Waals surface area contributed by atoms with Crippen LogP contribution in [0.25, 0.3) is 0 Å². The van der Waals surface area contributed by atoms with Gasteiger partial charge in [0.25, 0.3) is 0 Å². The van der Waals surface area contributed by atoms with E-state index >= 15 is 0 Å². The number of ether oxygens (including phenoxy) is 2. The number of likely N-dealkylation sites (N-methyl/N-ethyl adjacent to an activating group) is 1. The molecule has 2 N–H and O–H groups in total. The molecule has 42 heavy (non-hydrogen) atoms. The van der Waals surface area contributed by atoms with Gasteiger partial charge in [0.1, 0.15) is 5.75 Å². The molecular formula is C32H44N6O4. The second-order valence-corrected chi connectivity index (χ2v) is 12.8. The van der Waals surface area contributed by atoms with Crippen molar-refractivity contribution in [3.63, 3.8) is 0 Å². The molecule has 226 valence electrons. The Balaban J connectivity index is 1.24. The molecular weight excluding hydrogens is 532 g/mol. The van der Waals surface area contributed by atoms with Crippen molar-refractivity contribution in [1.82, 2.24) is 25.3 Å². The van der Waals surface area contributed by atoms with E-state index in [0.717, 1.165) is 38.0 Å². The number of ketones is 1. The van der Waals surface area contributed by atoms with E-state index in [9.17, 15) is 14.9 Å². The second kappa shape index (κ2) is 12.1. The summed E-state index contributed by atoms with van der Waals surface area (Å²) >= 11 is 0. The van der Waals surface area contributed by atoms with Crippen molar-refractivity contribution in [3.8, 4) is 11.8 Å². The minimum Gasteiger partial charge on any atom is -0.479 e. The van der Waals surface area contributed by atoms with Crippen LogP contribution in [-0.4, -0.2) is 102 Å². The second-order valence-electron chi connectivity index (χ2n) is 12.8. The molecule has 0 bridgehead atoms. The number of nitriles is 1. The molecule has 4 heterocycles. The van der Waals surface area contributed by atoms with Gasteiger partial charge in [-0.05, 0) is 76.7 Å². The van der Waals surface area contributed by atoms with Crippen molar-refractivity contribution in [2.75, 3.05) is 39.8 Å². The summed E-state index contributed by atoms with van der Waals surface area (Å²) in [6.07, 6.45) is 6.18. The predicted molar refractivity (Wildman–Crippen MR) is 157 cm³/mol. The summed E-state index contributed by atoms with van der Waals surface area (Å²) in [6, 6.07) is 8.17. The Morgan fingerprint density at radius 3 is 2.86 bits per heavy atom. The molecule has 6 unspecified atom stereocenters. The van der Waals surface area contributed by atoms with Gasteiger partial charge in [-0.25, -0.2) is 0 Å². The standard InChI is InChI=1S/C32H44N6O4/c1-4-27(39)38-17-16-37(19-23(38)11-14-33)30-25-10-13-32(12-9-22-18-21(2)7-8-26(22)42-32)29(40)28(25)34-31(35-30)41-20-24-6-5-15-36(24)3/h4,7-8,18,23-25,28,30-31,34-35H,1,5-6,9-13,15-17,19-20H2,2-3H3/t23?,24?,25?,28?,30?,31?,32-/m0/s1. The molecule has 6 rings (SSSR count). The van der Waals surface area contributed by atoms with Crippen molar-refractivity contribution < 1.29 is 19.1 Å². The molecule has 1 aliphatic carbocycles. The Hall–Kier alpha value is -2.81. The van der Waals surface area contributed by atoms with Crippen molar-refractivity contribution in [3.05, 3.63) is 42.0 Å². The summed E-state index contributed by atoms with van der Waals surface area (Å²) in [6.45, 7) is 9.08. The first-order valence-electron chi connectivity index (χ1n) is 15.5. The lowest BCUT2D eigenvalue weighted by Gasteiger charge is -2.54. The van der Waals surface area contributed by atoms with Crippen LogP contribution in [0.3, 0.4) is 0 Å². The lowest BCUT2D eigenvalue weighted by atomic mass is 9.69. The van der Waals surface area contributed by atoms with Crippen molar-refractivity contribution >= 4 is 11.7 Å². The minimum absolute atomic E-state index is 0.00420. The highest BCUT2D eigenvalue weighted by atomic mass is 16.5. The molecule has 0 aromatic heterocycles. The zero-order valence-electron chi connectivity index (χ0n) is 24.9. The predicted octanol–water partition coefficient (Wildman–Crippen LogP) is 1.93. The average molecular weight is 577 g/mol. The molecule has 4 aliphatic heterocycles. The molecule has 1 aromatic carbocycles. The number of aryl methyl sites for hydroxylation is 2. The van der Waals surface area contributed by atoms with Crippen LogP contribution < -0.4 is 15.4 Å². The van der Waals surface area contributed by atoms with Gasteiger partial charge in [-0.2, -0.15) is 5.26 Å². The van der Waals surface area contributed by atoms with Gasteiger partial charge in [0.15, 0.2) is 17.7 Å². The number of nitrogens with one attached hydrogen (secondary N) is 2. The van der Waals surface area contributed by atoms with E-state index in [0.29, 0.717) is 45.1 Å². The van der Waals surface area contributed by atoms with E-state index in [1.54, 1.807) is 4.90 Å². The quantitative estimate of drug-likeness (QED) is 0.491. The van der Waals surface area contributed by atoms with E-state index in [4.69, 9.17) is 9.47 Å². The van der Waals surface area contributed by atoms with E-state index < -0.39 is 18.0 Å². The number of hydrogen-bond donors (Lipinski definition) is 2. The number of nitrogens with zero attached hydrogens (tertiary/aromatic N) is 4. The van der Waals surface area contributed by atoms with Crippen LogP contribution in [0.1, 0.15) is 49.7 Å². The number of likely N-dealkylation sites (tertiary alicyclic amines) is 1. The molecule has 1 amide bonds. The van der Waals surface area contributed by atoms with Gasteiger partial charge in [0, 0.05) is 31.6 Å². The Kier molecular flexibility index (Phi) is 8.40. The first-order chi connectivity index (χ1) is 20.3. The normalized spacial score (nSPS) is 35.3. The third-order valence-electron chi connectivity index (χ3n) is 10.2. The van der Waals surface area contributed by atoms with Gasteiger partial charge in [-0.1, -0.05) is 24.3 Å². The summed E-state index contributed by atoms with van der Waals surface area (Å²) in [4.78, 5) is 33.4. The minimum atomic E-state index is -0.840. The van der Waals surface area contributed by atoms with Gasteiger partial charge in [0.05, 0.1) is 37.3 Å². The van der Waals surface area contributed by atoms with Crippen LogP contribution in [0.4, 0.5) is 0 Å². The Morgan fingerprint density at radius 2 is 2.10 bits per heavy atom. The number of amides is 1. The number of benzene rings is 1. The molecule has 3 saturated heterocycles. The van der Waals surface area contributed by atoms with Crippen LogP contribution in [0.15, 0.2) is 30.9 Å². The SMILES string of the molecule is C=CC(=O)N1CCN(C2NC(OCC3CCCN3C)NC3C(=O)[C@]4(CCc5cc(C)ccc5O4)CCC32)CC1CC#N. The highest BCUT2D eigenvalue weighted by Crippen LogP contribution is 2.44. The monoisotopic (exact) mass is 576 g/mol.